The summed E-state index contributed by atoms with van der Waals surface area (Å²) in [6.45, 7) is 6.17. The number of ether oxygens (including phenoxy) is 2. The minimum atomic E-state index is -0.640. The molecule has 0 saturated heterocycles. The van der Waals surface area contributed by atoms with Gasteiger partial charge in [-0.3, -0.25) is 5.41 Å². The molecule has 1 aromatic rings. The monoisotopic (exact) mass is 304 g/mol. The van der Waals surface area contributed by atoms with E-state index in [1.54, 1.807) is 6.92 Å². The fourth-order valence-electron chi connectivity index (χ4n) is 2.12. The van der Waals surface area contributed by atoms with Crippen molar-refractivity contribution < 1.29 is 14.3 Å². The summed E-state index contributed by atoms with van der Waals surface area (Å²) in [4.78, 5) is 11.7. The van der Waals surface area contributed by atoms with Crippen molar-refractivity contribution in [3.63, 3.8) is 0 Å². The summed E-state index contributed by atoms with van der Waals surface area (Å²) in [5.74, 6) is -0.640. The molecule has 1 aromatic carbocycles. The fourth-order valence-corrected chi connectivity index (χ4v) is 2.12. The Kier molecular flexibility index (Phi) is 7.32. The molecule has 1 aliphatic heterocycles. The van der Waals surface area contributed by atoms with E-state index < -0.39 is 5.97 Å². The average Bonchev–Trinajstić information content (AvgIpc) is 2.57. The number of hydrogen-bond donors (Lipinski definition) is 2. The van der Waals surface area contributed by atoms with Crippen LogP contribution in [0, 0.1) is 5.41 Å². The highest BCUT2D eigenvalue weighted by Crippen LogP contribution is 2.30. The first-order chi connectivity index (χ1) is 10.6. The van der Waals surface area contributed by atoms with Gasteiger partial charge in [-0.15, -0.1) is 0 Å². The quantitative estimate of drug-likeness (QED) is 0.661. The molecule has 0 bridgehead atoms. The van der Waals surface area contributed by atoms with Gasteiger partial charge in [0.2, 0.25) is 0 Å². The second kappa shape index (κ2) is 9.00. The van der Waals surface area contributed by atoms with Crippen molar-refractivity contribution in [3.05, 3.63) is 47.2 Å². The van der Waals surface area contributed by atoms with Crippen LogP contribution in [-0.4, -0.2) is 24.9 Å². The van der Waals surface area contributed by atoms with Gasteiger partial charge in [0.15, 0.2) is 0 Å². The van der Waals surface area contributed by atoms with Crippen LogP contribution in [0.15, 0.2) is 41.6 Å². The molecule has 0 spiro atoms. The molecule has 0 amide bonds. The Bertz CT molecular complexity index is 538. The second-order valence-electron chi connectivity index (χ2n) is 4.51. The van der Waals surface area contributed by atoms with E-state index >= 15 is 0 Å². The van der Waals surface area contributed by atoms with Crippen LogP contribution in [0.25, 0.3) is 0 Å². The molecule has 0 radical (unpaired) electrons. The van der Waals surface area contributed by atoms with Crippen molar-refractivity contribution in [2.24, 2.45) is 5.73 Å². The van der Waals surface area contributed by atoms with Crippen LogP contribution in [0.1, 0.15) is 38.9 Å². The Labute approximate surface area is 131 Å². The zero-order valence-electron chi connectivity index (χ0n) is 13.4. The SMILES string of the molecule is CC.CCOC(=O)C(=N)C1=C(N)COC(c2ccccc2)C1. The Morgan fingerprint density at radius 2 is 2.00 bits per heavy atom. The van der Waals surface area contributed by atoms with Crippen LogP contribution in [0.2, 0.25) is 0 Å². The predicted octanol–water partition coefficient (Wildman–Crippen LogP) is 2.97. The van der Waals surface area contributed by atoms with E-state index in [4.69, 9.17) is 20.6 Å². The molecule has 0 saturated carbocycles. The lowest BCUT2D eigenvalue weighted by atomic mass is 9.94. The standard InChI is InChI=1S/C15H18N2O3.C2H6/c1-2-19-15(18)14(17)11-8-13(20-9-12(11)16)10-6-4-3-5-7-10;1-2/h3-7,13,17H,2,8-9,16H2,1H3;1-2H3. The third-order valence-electron chi connectivity index (χ3n) is 3.17. The van der Waals surface area contributed by atoms with Gasteiger partial charge in [0, 0.05) is 17.7 Å². The lowest BCUT2D eigenvalue weighted by Crippen LogP contribution is -2.28. The predicted molar refractivity (Wildman–Crippen MR) is 86.7 cm³/mol. The van der Waals surface area contributed by atoms with Gasteiger partial charge >= 0.3 is 5.97 Å². The van der Waals surface area contributed by atoms with Gasteiger partial charge in [-0.05, 0) is 12.5 Å². The molecular formula is C17H24N2O3. The van der Waals surface area contributed by atoms with E-state index in [-0.39, 0.29) is 25.0 Å². The smallest absolute Gasteiger partial charge is 0.356 e. The lowest BCUT2D eigenvalue weighted by Gasteiger charge is -2.26. The van der Waals surface area contributed by atoms with Gasteiger partial charge in [-0.1, -0.05) is 44.2 Å². The van der Waals surface area contributed by atoms with Crippen molar-refractivity contribution in [3.8, 4) is 0 Å². The van der Waals surface area contributed by atoms with Crippen LogP contribution >= 0.6 is 0 Å². The van der Waals surface area contributed by atoms with Crippen LogP contribution in [0.4, 0.5) is 0 Å². The first kappa shape index (κ1) is 17.9. The third-order valence-corrected chi connectivity index (χ3v) is 3.17. The van der Waals surface area contributed by atoms with Gasteiger partial charge < -0.3 is 15.2 Å². The minimum Gasteiger partial charge on any atom is -0.461 e. The number of hydrogen-bond acceptors (Lipinski definition) is 5. The first-order valence-corrected chi connectivity index (χ1v) is 7.53. The minimum absolute atomic E-state index is 0.173. The molecule has 0 fully saturated rings. The van der Waals surface area contributed by atoms with Gasteiger partial charge in [-0.2, -0.15) is 0 Å². The fraction of sp³-hybridized carbons (Fsp3) is 0.412. The highest BCUT2D eigenvalue weighted by Gasteiger charge is 2.27. The largest absolute Gasteiger partial charge is 0.461 e. The van der Waals surface area contributed by atoms with E-state index in [9.17, 15) is 4.79 Å². The molecule has 1 atom stereocenters. The molecule has 22 heavy (non-hydrogen) atoms. The number of nitrogens with two attached hydrogens (primary N) is 1. The normalized spacial score (nSPS) is 17.3. The molecule has 2 rings (SSSR count). The number of nitrogens with one attached hydrogen (secondary N) is 1. The molecule has 1 unspecified atom stereocenters. The van der Waals surface area contributed by atoms with E-state index in [1.165, 1.54) is 0 Å². The number of carbonyl (C=O) groups excluding carboxylic acids is 1. The maximum absolute atomic E-state index is 11.7. The van der Waals surface area contributed by atoms with E-state index in [0.29, 0.717) is 17.7 Å². The van der Waals surface area contributed by atoms with Gasteiger partial charge in [-0.25, -0.2) is 4.79 Å². The summed E-state index contributed by atoms with van der Waals surface area (Å²) in [5.41, 5.74) is 7.64. The van der Waals surface area contributed by atoms with Crippen molar-refractivity contribution in [1.82, 2.24) is 0 Å². The summed E-state index contributed by atoms with van der Waals surface area (Å²) in [7, 11) is 0. The highest BCUT2D eigenvalue weighted by atomic mass is 16.5. The van der Waals surface area contributed by atoms with Crippen LogP contribution in [-0.2, 0) is 14.3 Å². The van der Waals surface area contributed by atoms with Gasteiger partial charge in [0.25, 0.3) is 0 Å². The molecule has 0 aliphatic carbocycles. The van der Waals surface area contributed by atoms with Crippen molar-refractivity contribution in [2.45, 2.75) is 33.3 Å². The van der Waals surface area contributed by atoms with E-state index in [2.05, 4.69) is 0 Å². The summed E-state index contributed by atoms with van der Waals surface area (Å²) >= 11 is 0. The van der Waals surface area contributed by atoms with Crippen molar-refractivity contribution in [2.75, 3.05) is 13.2 Å². The molecule has 0 aromatic heterocycles. The summed E-state index contributed by atoms with van der Waals surface area (Å²) in [6, 6.07) is 9.70. The summed E-state index contributed by atoms with van der Waals surface area (Å²) in [5, 5.41) is 7.91. The third kappa shape index (κ3) is 4.43. The molecule has 3 N–H and O–H groups in total. The first-order valence-electron chi connectivity index (χ1n) is 7.53. The maximum Gasteiger partial charge on any atom is 0.356 e. The Morgan fingerprint density at radius 3 is 2.59 bits per heavy atom. The van der Waals surface area contributed by atoms with Crippen LogP contribution in [0.5, 0.6) is 0 Å². The van der Waals surface area contributed by atoms with Crippen LogP contribution in [0.3, 0.4) is 0 Å². The van der Waals surface area contributed by atoms with Crippen LogP contribution < -0.4 is 5.73 Å². The molecule has 5 nitrogen and oxygen atoms in total. The summed E-state index contributed by atoms with van der Waals surface area (Å²) < 4.78 is 10.5. The maximum atomic E-state index is 11.7. The highest BCUT2D eigenvalue weighted by molar-refractivity contribution is 6.42. The Morgan fingerprint density at radius 1 is 1.36 bits per heavy atom. The number of carbonyl (C=O) groups is 1. The molecular weight excluding hydrogens is 280 g/mol. The van der Waals surface area contributed by atoms with E-state index in [0.717, 1.165) is 5.56 Å². The van der Waals surface area contributed by atoms with Crippen molar-refractivity contribution >= 4 is 11.7 Å². The number of esters is 1. The molecule has 120 valence electrons. The Hall–Kier alpha value is -2.14. The van der Waals surface area contributed by atoms with Gasteiger partial charge in [0.05, 0.1) is 19.3 Å². The Balaban J connectivity index is 0.00000116. The van der Waals surface area contributed by atoms with Crippen molar-refractivity contribution in [1.29, 1.82) is 5.41 Å². The second-order valence-corrected chi connectivity index (χ2v) is 4.51. The number of benzene rings is 1. The lowest BCUT2D eigenvalue weighted by molar-refractivity contribution is -0.135. The molecule has 5 heteroatoms. The number of rotatable bonds is 4. The van der Waals surface area contributed by atoms with Gasteiger partial charge in [0.1, 0.15) is 5.71 Å². The topological polar surface area (TPSA) is 85.4 Å². The molecule has 1 aliphatic rings. The zero-order valence-corrected chi connectivity index (χ0v) is 13.4. The molecule has 1 heterocycles. The summed E-state index contributed by atoms with van der Waals surface area (Å²) in [6.07, 6.45) is 0.223. The average molecular weight is 304 g/mol. The van der Waals surface area contributed by atoms with E-state index in [1.807, 2.05) is 44.2 Å². The zero-order chi connectivity index (χ0) is 16.5.